The number of hydrazine groups is 1. The van der Waals surface area contributed by atoms with Crippen LogP contribution in [-0.2, 0) is 0 Å². The summed E-state index contributed by atoms with van der Waals surface area (Å²) in [5, 5.41) is 14.7. The van der Waals surface area contributed by atoms with E-state index in [9.17, 15) is 19.7 Å². The quantitative estimate of drug-likeness (QED) is 0.549. The van der Waals surface area contributed by atoms with Crippen molar-refractivity contribution in [3.63, 3.8) is 0 Å². The molecule has 3 rings (SSSR count). The van der Waals surface area contributed by atoms with Gasteiger partial charge in [-0.2, -0.15) is 5.10 Å². The van der Waals surface area contributed by atoms with Crippen LogP contribution >= 0.6 is 0 Å². The molecule has 9 heteroatoms. The van der Waals surface area contributed by atoms with Crippen LogP contribution in [0.3, 0.4) is 0 Å². The number of nitrogens with zero attached hydrogens (tertiary/aromatic N) is 3. The van der Waals surface area contributed by atoms with Crippen LogP contribution in [0.15, 0.2) is 67.0 Å². The highest BCUT2D eigenvalue weighted by atomic mass is 16.6. The minimum atomic E-state index is -0.594. The molecule has 26 heavy (non-hydrogen) atoms. The second-order valence-corrected chi connectivity index (χ2v) is 5.22. The fourth-order valence-electron chi connectivity index (χ4n) is 2.15. The first-order chi connectivity index (χ1) is 12.5. The van der Waals surface area contributed by atoms with Gasteiger partial charge in [-0.3, -0.25) is 30.6 Å². The summed E-state index contributed by atoms with van der Waals surface area (Å²) in [5.41, 5.74) is 5.63. The summed E-state index contributed by atoms with van der Waals surface area (Å²) in [5.74, 6) is -1.13. The maximum Gasteiger partial charge on any atom is 0.272 e. The monoisotopic (exact) mass is 351 g/mol. The Labute approximate surface area is 147 Å². The number of nitrogens with one attached hydrogen (secondary N) is 2. The SMILES string of the molecule is O=C(NNC(=O)c1cnn(-c2ccccc2)c1)c1ccc([N+](=O)[O-])cc1. The predicted molar refractivity (Wildman–Crippen MR) is 91.6 cm³/mol. The third kappa shape index (κ3) is 3.73. The maximum absolute atomic E-state index is 12.1. The zero-order valence-electron chi connectivity index (χ0n) is 13.3. The number of non-ortho nitro benzene ring substituents is 1. The molecule has 130 valence electrons. The summed E-state index contributed by atoms with van der Waals surface area (Å²) in [6.07, 6.45) is 2.91. The lowest BCUT2D eigenvalue weighted by Gasteiger charge is -2.06. The van der Waals surface area contributed by atoms with Crippen molar-refractivity contribution in [3.8, 4) is 5.69 Å². The molecule has 0 spiro atoms. The lowest BCUT2D eigenvalue weighted by Crippen LogP contribution is -2.41. The minimum Gasteiger partial charge on any atom is -0.267 e. The number of hydrogen-bond donors (Lipinski definition) is 2. The summed E-state index contributed by atoms with van der Waals surface area (Å²) < 4.78 is 1.53. The number of amides is 2. The van der Waals surface area contributed by atoms with Gasteiger partial charge in [-0.25, -0.2) is 4.68 Å². The van der Waals surface area contributed by atoms with Crippen LogP contribution in [0, 0.1) is 10.1 Å². The zero-order chi connectivity index (χ0) is 18.5. The summed E-state index contributed by atoms with van der Waals surface area (Å²) in [7, 11) is 0. The van der Waals surface area contributed by atoms with Gasteiger partial charge in [0.1, 0.15) is 0 Å². The molecule has 0 aliphatic carbocycles. The molecule has 1 heterocycles. The smallest absolute Gasteiger partial charge is 0.267 e. The number of rotatable bonds is 4. The van der Waals surface area contributed by atoms with Crippen LogP contribution in [0.25, 0.3) is 5.69 Å². The molecular weight excluding hydrogens is 338 g/mol. The zero-order valence-corrected chi connectivity index (χ0v) is 13.3. The van der Waals surface area contributed by atoms with Gasteiger partial charge in [0.05, 0.1) is 22.4 Å². The van der Waals surface area contributed by atoms with Gasteiger partial charge in [-0.15, -0.1) is 0 Å². The summed E-state index contributed by atoms with van der Waals surface area (Å²) >= 11 is 0. The molecule has 0 aliphatic heterocycles. The van der Waals surface area contributed by atoms with Crippen LogP contribution < -0.4 is 10.9 Å². The molecule has 0 atom stereocenters. The molecule has 3 aromatic rings. The van der Waals surface area contributed by atoms with Crippen molar-refractivity contribution in [2.45, 2.75) is 0 Å². The number of benzene rings is 2. The number of carbonyl (C=O) groups is 2. The summed E-state index contributed by atoms with van der Waals surface area (Å²) in [6, 6.07) is 14.3. The van der Waals surface area contributed by atoms with Gasteiger partial charge in [0.25, 0.3) is 17.5 Å². The largest absolute Gasteiger partial charge is 0.272 e. The van der Waals surface area contributed by atoms with Gasteiger partial charge in [0, 0.05) is 23.9 Å². The summed E-state index contributed by atoms with van der Waals surface area (Å²) in [4.78, 5) is 34.1. The first-order valence-electron chi connectivity index (χ1n) is 7.50. The Hall–Kier alpha value is -4.01. The molecule has 0 saturated heterocycles. The number of hydrogen-bond acceptors (Lipinski definition) is 5. The average Bonchev–Trinajstić information content (AvgIpc) is 3.17. The highest BCUT2D eigenvalue weighted by Crippen LogP contribution is 2.11. The third-order valence-electron chi connectivity index (χ3n) is 3.50. The van der Waals surface area contributed by atoms with Gasteiger partial charge < -0.3 is 0 Å². The van der Waals surface area contributed by atoms with Crippen molar-refractivity contribution in [3.05, 3.63) is 88.2 Å². The second-order valence-electron chi connectivity index (χ2n) is 5.22. The second kappa shape index (κ2) is 7.26. The fraction of sp³-hybridized carbons (Fsp3) is 0. The van der Waals surface area contributed by atoms with Crippen molar-refractivity contribution in [2.24, 2.45) is 0 Å². The molecule has 0 saturated carbocycles. The number of nitro groups is 1. The van der Waals surface area contributed by atoms with Gasteiger partial charge in [0.15, 0.2) is 0 Å². The van der Waals surface area contributed by atoms with Gasteiger partial charge in [-0.05, 0) is 24.3 Å². The van der Waals surface area contributed by atoms with Crippen LogP contribution in [0.2, 0.25) is 0 Å². The van der Waals surface area contributed by atoms with Crippen LogP contribution in [0.4, 0.5) is 5.69 Å². The molecule has 2 amide bonds. The first kappa shape index (κ1) is 16.8. The molecule has 9 nitrogen and oxygen atoms in total. The van der Waals surface area contributed by atoms with Gasteiger partial charge in [-0.1, -0.05) is 18.2 Å². The molecule has 0 unspecified atom stereocenters. The molecule has 0 fully saturated rings. The van der Waals surface area contributed by atoms with E-state index in [2.05, 4.69) is 16.0 Å². The van der Waals surface area contributed by atoms with Crippen molar-refractivity contribution in [2.75, 3.05) is 0 Å². The topological polar surface area (TPSA) is 119 Å². The maximum atomic E-state index is 12.1. The van der Waals surface area contributed by atoms with E-state index in [0.717, 1.165) is 5.69 Å². The van der Waals surface area contributed by atoms with Gasteiger partial charge in [0.2, 0.25) is 0 Å². The average molecular weight is 351 g/mol. The van der Waals surface area contributed by atoms with Crippen LogP contribution in [0.5, 0.6) is 0 Å². The Kier molecular flexibility index (Phi) is 4.70. The predicted octanol–water partition coefficient (Wildman–Crippen LogP) is 1.86. The molecule has 0 bridgehead atoms. The van der Waals surface area contributed by atoms with Crippen molar-refractivity contribution in [1.82, 2.24) is 20.6 Å². The molecule has 0 aliphatic rings. The molecule has 0 radical (unpaired) electrons. The lowest BCUT2D eigenvalue weighted by atomic mass is 10.2. The fourth-order valence-corrected chi connectivity index (χ4v) is 2.15. The standard InChI is InChI=1S/C17H13N5O4/c23-16(12-6-8-15(9-7-12)22(25)26)19-20-17(24)13-10-18-21(11-13)14-4-2-1-3-5-14/h1-11H,(H,19,23)(H,20,24). The Balaban J connectivity index is 1.61. The van der Waals surface area contributed by atoms with E-state index in [4.69, 9.17) is 0 Å². The normalized spacial score (nSPS) is 10.2. The van der Waals surface area contributed by atoms with E-state index in [0.29, 0.717) is 0 Å². The first-order valence-corrected chi connectivity index (χ1v) is 7.50. The minimum absolute atomic E-state index is 0.126. The number of para-hydroxylation sites is 1. The number of nitro benzene ring substituents is 1. The molecule has 2 aromatic carbocycles. The van der Waals surface area contributed by atoms with E-state index in [1.165, 1.54) is 41.3 Å². The highest BCUT2D eigenvalue weighted by Gasteiger charge is 2.13. The number of aromatic nitrogens is 2. The van der Waals surface area contributed by atoms with Crippen molar-refractivity contribution >= 4 is 17.5 Å². The van der Waals surface area contributed by atoms with Crippen LogP contribution in [-0.4, -0.2) is 26.5 Å². The Bertz CT molecular complexity index is 951. The number of carbonyl (C=O) groups excluding carboxylic acids is 2. The van der Waals surface area contributed by atoms with Gasteiger partial charge >= 0.3 is 0 Å². The Morgan fingerprint density at radius 1 is 0.923 bits per heavy atom. The Morgan fingerprint density at radius 3 is 2.15 bits per heavy atom. The highest BCUT2D eigenvalue weighted by molar-refractivity contribution is 5.98. The Morgan fingerprint density at radius 2 is 1.54 bits per heavy atom. The molecular formula is C17H13N5O4. The van der Waals surface area contributed by atoms with Crippen LogP contribution in [0.1, 0.15) is 20.7 Å². The molecule has 2 N–H and O–H groups in total. The van der Waals surface area contributed by atoms with E-state index >= 15 is 0 Å². The van der Waals surface area contributed by atoms with Crippen molar-refractivity contribution in [1.29, 1.82) is 0 Å². The van der Waals surface area contributed by atoms with E-state index in [-0.39, 0.29) is 16.8 Å². The summed E-state index contributed by atoms with van der Waals surface area (Å²) in [6.45, 7) is 0. The van der Waals surface area contributed by atoms with E-state index < -0.39 is 16.7 Å². The third-order valence-corrected chi connectivity index (χ3v) is 3.50. The van der Waals surface area contributed by atoms with E-state index in [1.54, 1.807) is 0 Å². The lowest BCUT2D eigenvalue weighted by molar-refractivity contribution is -0.384. The van der Waals surface area contributed by atoms with E-state index in [1.807, 2.05) is 30.3 Å². The van der Waals surface area contributed by atoms with Crippen molar-refractivity contribution < 1.29 is 14.5 Å². The molecule has 1 aromatic heterocycles.